The SMILES string of the molecule is CC1CC1NC(=O)NC1(C(=O)O)CCOCC1. The molecular weight excluding hydrogens is 224 g/mol. The van der Waals surface area contributed by atoms with Gasteiger partial charge in [-0.3, -0.25) is 0 Å². The zero-order chi connectivity index (χ0) is 12.5. The third-order valence-electron chi connectivity index (χ3n) is 3.53. The Balaban J connectivity index is 1.92. The molecule has 0 radical (unpaired) electrons. The van der Waals surface area contributed by atoms with Crippen LogP contribution in [0.5, 0.6) is 0 Å². The van der Waals surface area contributed by atoms with Crippen LogP contribution in [0.3, 0.4) is 0 Å². The van der Waals surface area contributed by atoms with E-state index in [1.54, 1.807) is 0 Å². The first-order chi connectivity index (χ1) is 8.03. The van der Waals surface area contributed by atoms with Crippen LogP contribution in [0.25, 0.3) is 0 Å². The van der Waals surface area contributed by atoms with Crippen molar-refractivity contribution in [3.05, 3.63) is 0 Å². The third-order valence-corrected chi connectivity index (χ3v) is 3.53. The van der Waals surface area contributed by atoms with Crippen molar-refractivity contribution in [2.24, 2.45) is 5.92 Å². The van der Waals surface area contributed by atoms with Crippen LogP contribution in [0.1, 0.15) is 26.2 Å². The first-order valence-electron chi connectivity index (χ1n) is 5.93. The minimum atomic E-state index is -1.17. The predicted molar refractivity (Wildman–Crippen MR) is 59.7 cm³/mol. The molecule has 0 aromatic carbocycles. The Kier molecular flexibility index (Phi) is 3.24. The van der Waals surface area contributed by atoms with Gasteiger partial charge in [0, 0.05) is 32.1 Å². The molecule has 1 heterocycles. The molecule has 2 rings (SSSR count). The lowest BCUT2D eigenvalue weighted by molar-refractivity contribution is -0.148. The monoisotopic (exact) mass is 242 g/mol. The highest BCUT2D eigenvalue weighted by Gasteiger charge is 2.43. The Hall–Kier alpha value is -1.30. The topological polar surface area (TPSA) is 87.7 Å². The standard InChI is InChI=1S/C11H18N2O4/c1-7-6-8(7)12-10(16)13-11(9(14)15)2-4-17-5-3-11/h7-8H,2-6H2,1H3,(H,14,15)(H2,12,13,16). The second-order valence-electron chi connectivity index (χ2n) is 4.92. The van der Waals surface area contributed by atoms with Gasteiger partial charge in [-0.15, -0.1) is 0 Å². The van der Waals surface area contributed by atoms with Crippen LogP contribution in [-0.4, -0.2) is 41.9 Å². The summed E-state index contributed by atoms with van der Waals surface area (Å²) in [5.74, 6) is -0.490. The molecule has 1 aliphatic heterocycles. The molecule has 2 fully saturated rings. The lowest BCUT2D eigenvalue weighted by Crippen LogP contribution is -2.59. The Morgan fingerprint density at radius 2 is 1.94 bits per heavy atom. The molecule has 2 amide bonds. The molecule has 6 heteroatoms. The molecule has 1 saturated heterocycles. The van der Waals surface area contributed by atoms with Crippen LogP contribution in [-0.2, 0) is 9.53 Å². The van der Waals surface area contributed by atoms with Crippen LogP contribution in [0.2, 0.25) is 0 Å². The summed E-state index contributed by atoms with van der Waals surface area (Å²) in [5, 5.41) is 14.6. The van der Waals surface area contributed by atoms with Crippen molar-refractivity contribution in [1.29, 1.82) is 0 Å². The smallest absolute Gasteiger partial charge is 0.329 e. The van der Waals surface area contributed by atoms with E-state index in [9.17, 15) is 14.7 Å². The molecule has 3 N–H and O–H groups in total. The van der Waals surface area contributed by atoms with Gasteiger partial charge in [0.2, 0.25) is 0 Å². The van der Waals surface area contributed by atoms with E-state index in [2.05, 4.69) is 10.6 Å². The van der Waals surface area contributed by atoms with Gasteiger partial charge in [0.15, 0.2) is 0 Å². The maximum Gasteiger partial charge on any atom is 0.329 e. The highest BCUT2D eigenvalue weighted by molar-refractivity contribution is 5.86. The van der Waals surface area contributed by atoms with Crippen molar-refractivity contribution in [3.63, 3.8) is 0 Å². The van der Waals surface area contributed by atoms with Crippen molar-refractivity contribution in [2.45, 2.75) is 37.8 Å². The molecule has 6 nitrogen and oxygen atoms in total. The van der Waals surface area contributed by atoms with Gasteiger partial charge in [0.05, 0.1) is 0 Å². The number of carbonyl (C=O) groups excluding carboxylic acids is 1. The number of urea groups is 1. The van der Waals surface area contributed by atoms with Crippen molar-refractivity contribution < 1.29 is 19.4 Å². The van der Waals surface area contributed by atoms with Gasteiger partial charge in [-0.05, 0) is 12.3 Å². The van der Waals surface area contributed by atoms with Gasteiger partial charge in [-0.25, -0.2) is 9.59 Å². The molecule has 0 aromatic heterocycles. The zero-order valence-electron chi connectivity index (χ0n) is 9.86. The third kappa shape index (κ3) is 2.69. The first kappa shape index (κ1) is 12.2. The second kappa shape index (κ2) is 4.52. The molecule has 2 atom stereocenters. The number of carbonyl (C=O) groups is 2. The molecule has 96 valence electrons. The summed E-state index contributed by atoms with van der Waals surface area (Å²) in [5.41, 5.74) is -1.17. The molecule has 1 saturated carbocycles. The van der Waals surface area contributed by atoms with Gasteiger partial charge in [0.25, 0.3) is 0 Å². The number of carboxylic acids is 1. The summed E-state index contributed by atoms with van der Waals surface area (Å²) < 4.78 is 5.13. The summed E-state index contributed by atoms with van der Waals surface area (Å²) in [7, 11) is 0. The summed E-state index contributed by atoms with van der Waals surface area (Å²) in [6, 6.07) is -0.190. The molecule has 2 aliphatic rings. The number of hydrogen-bond donors (Lipinski definition) is 3. The highest BCUT2D eigenvalue weighted by atomic mass is 16.5. The van der Waals surface area contributed by atoms with E-state index in [4.69, 9.17) is 4.74 Å². The average Bonchev–Trinajstić information content (AvgIpc) is 2.95. The van der Waals surface area contributed by atoms with Gasteiger partial charge < -0.3 is 20.5 Å². The maximum absolute atomic E-state index is 11.7. The number of nitrogens with one attached hydrogen (secondary N) is 2. The van der Waals surface area contributed by atoms with Crippen molar-refractivity contribution in [1.82, 2.24) is 10.6 Å². The number of rotatable bonds is 3. The molecule has 1 aliphatic carbocycles. The molecular formula is C11H18N2O4. The van der Waals surface area contributed by atoms with E-state index in [0.717, 1.165) is 6.42 Å². The minimum Gasteiger partial charge on any atom is -0.480 e. The molecule has 0 bridgehead atoms. The Labute approximate surface area is 99.7 Å². The van der Waals surface area contributed by atoms with Crippen LogP contribution < -0.4 is 10.6 Å². The van der Waals surface area contributed by atoms with Gasteiger partial charge in [0.1, 0.15) is 5.54 Å². The Morgan fingerprint density at radius 3 is 2.41 bits per heavy atom. The normalized spacial score (nSPS) is 30.4. The van der Waals surface area contributed by atoms with E-state index >= 15 is 0 Å². The fraction of sp³-hybridized carbons (Fsp3) is 0.818. The first-order valence-corrected chi connectivity index (χ1v) is 5.93. The highest BCUT2D eigenvalue weighted by Crippen LogP contribution is 2.29. The average molecular weight is 242 g/mol. The summed E-state index contributed by atoms with van der Waals surface area (Å²) in [4.78, 5) is 23.0. The molecule has 2 unspecified atom stereocenters. The van der Waals surface area contributed by atoms with Crippen molar-refractivity contribution >= 4 is 12.0 Å². The number of ether oxygens (including phenoxy) is 1. The minimum absolute atomic E-state index is 0.195. The number of aliphatic carboxylic acids is 1. The zero-order valence-corrected chi connectivity index (χ0v) is 9.86. The van der Waals surface area contributed by atoms with E-state index < -0.39 is 11.5 Å². The maximum atomic E-state index is 11.7. The van der Waals surface area contributed by atoms with E-state index in [-0.39, 0.29) is 12.1 Å². The number of carboxylic acid groups (broad SMARTS) is 1. The van der Waals surface area contributed by atoms with Crippen molar-refractivity contribution in [3.8, 4) is 0 Å². The van der Waals surface area contributed by atoms with Gasteiger partial charge >= 0.3 is 12.0 Å². The largest absolute Gasteiger partial charge is 0.480 e. The molecule has 17 heavy (non-hydrogen) atoms. The van der Waals surface area contributed by atoms with Crippen LogP contribution >= 0.6 is 0 Å². The Morgan fingerprint density at radius 1 is 1.35 bits per heavy atom. The summed E-state index contributed by atoms with van der Waals surface area (Å²) in [6.07, 6.45) is 1.60. The van der Waals surface area contributed by atoms with Crippen LogP contribution in [0, 0.1) is 5.92 Å². The van der Waals surface area contributed by atoms with Gasteiger partial charge in [-0.2, -0.15) is 0 Å². The second-order valence-corrected chi connectivity index (χ2v) is 4.92. The van der Waals surface area contributed by atoms with Crippen LogP contribution in [0.4, 0.5) is 4.79 Å². The number of hydrogen-bond acceptors (Lipinski definition) is 3. The number of amides is 2. The van der Waals surface area contributed by atoms with Gasteiger partial charge in [-0.1, -0.05) is 6.92 Å². The van der Waals surface area contributed by atoms with E-state index in [1.807, 2.05) is 6.92 Å². The predicted octanol–water partition coefficient (Wildman–Crippen LogP) is 0.328. The van der Waals surface area contributed by atoms with E-state index in [1.165, 1.54) is 0 Å². The molecule has 0 spiro atoms. The van der Waals surface area contributed by atoms with Crippen LogP contribution in [0.15, 0.2) is 0 Å². The quantitative estimate of drug-likeness (QED) is 0.665. The Bertz CT molecular complexity index is 325. The summed E-state index contributed by atoms with van der Waals surface area (Å²) >= 11 is 0. The lowest BCUT2D eigenvalue weighted by atomic mass is 9.90. The fourth-order valence-corrected chi connectivity index (χ4v) is 2.06. The van der Waals surface area contributed by atoms with Crippen molar-refractivity contribution in [2.75, 3.05) is 13.2 Å². The summed E-state index contributed by atoms with van der Waals surface area (Å²) in [6.45, 7) is 2.78. The molecule has 0 aromatic rings. The van der Waals surface area contributed by atoms with E-state index in [0.29, 0.717) is 32.0 Å². The lowest BCUT2D eigenvalue weighted by Gasteiger charge is -2.33. The fourth-order valence-electron chi connectivity index (χ4n) is 2.06.